The topological polar surface area (TPSA) is 40.5 Å². The van der Waals surface area contributed by atoms with Gasteiger partial charge >= 0.3 is 0 Å². The molecule has 0 amide bonds. The molecule has 4 nitrogen and oxygen atoms in total. The van der Waals surface area contributed by atoms with Crippen LogP contribution in [0.1, 0.15) is 12.8 Å². The number of rotatable bonds is 2. The summed E-state index contributed by atoms with van der Waals surface area (Å²) in [6, 6.07) is 5.81. The van der Waals surface area contributed by atoms with E-state index in [1.807, 2.05) is 18.2 Å². The van der Waals surface area contributed by atoms with Crippen molar-refractivity contribution in [2.24, 2.45) is 11.0 Å². The van der Waals surface area contributed by atoms with E-state index in [9.17, 15) is 0 Å². The van der Waals surface area contributed by atoms with Crippen LogP contribution in [0, 0.1) is 5.92 Å². The molecule has 4 heteroatoms. The molecular formula is C12H16N4. The van der Waals surface area contributed by atoms with Crippen molar-refractivity contribution in [3.05, 3.63) is 24.4 Å². The number of aromatic nitrogens is 1. The summed E-state index contributed by atoms with van der Waals surface area (Å²) in [6.07, 6.45) is 4.31. The standard InChI is InChI=1S/C12H16N4/c1-2-6-13-12(3-1)15-14-11-9-16-7-4-10(11)5-8-16/h1-3,6,10H,4-5,7-9H2,(H,13,15)/b14-11-. The Balaban J connectivity index is 1.69. The van der Waals surface area contributed by atoms with Gasteiger partial charge in [0, 0.05) is 18.7 Å². The Bertz CT molecular complexity index is 379. The molecule has 1 aromatic heterocycles. The minimum Gasteiger partial charge on any atom is -0.298 e. The second-order valence-corrected chi connectivity index (χ2v) is 4.48. The molecule has 3 aliphatic heterocycles. The highest BCUT2D eigenvalue weighted by atomic mass is 15.3. The van der Waals surface area contributed by atoms with Gasteiger partial charge in [-0.1, -0.05) is 6.07 Å². The van der Waals surface area contributed by atoms with Gasteiger partial charge < -0.3 is 0 Å². The molecule has 3 fully saturated rings. The zero-order chi connectivity index (χ0) is 10.8. The number of hydrogen-bond donors (Lipinski definition) is 1. The number of piperidine rings is 3. The number of anilines is 1. The number of hydrazone groups is 1. The van der Waals surface area contributed by atoms with Crippen LogP contribution < -0.4 is 5.43 Å². The van der Waals surface area contributed by atoms with Gasteiger partial charge in [-0.15, -0.1) is 0 Å². The largest absolute Gasteiger partial charge is 0.298 e. The zero-order valence-corrected chi connectivity index (χ0v) is 9.26. The molecule has 4 heterocycles. The second kappa shape index (κ2) is 4.22. The maximum absolute atomic E-state index is 4.50. The van der Waals surface area contributed by atoms with Gasteiger partial charge in [-0.05, 0) is 38.1 Å². The van der Waals surface area contributed by atoms with Crippen molar-refractivity contribution in [2.45, 2.75) is 12.8 Å². The average Bonchev–Trinajstić information content (AvgIpc) is 2.39. The minimum absolute atomic E-state index is 0.696. The van der Waals surface area contributed by atoms with Gasteiger partial charge in [0.1, 0.15) is 5.82 Å². The van der Waals surface area contributed by atoms with Crippen molar-refractivity contribution in [3.63, 3.8) is 0 Å². The highest BCUT2D eigenvalue weighted by Gasteiger charge is 2.30. The molecule has 0 aromatic carbocycles. The zero-order valence-electron chi connectivity index (χ0n) is 9.26. The van der Waals surface area contributed by atoms with Crippen molar-refractivity contribution < 1.29 is 0 Å². The molecule has 0 spiro atoms. The summed E-state index contributed by atoms with van der Waals surface area (Å²) in [7, 11) is 0. The molecule has 2 bridgehead atoms. The third-order valence-electron chi connectivity index (χ3n) is 3.42. The van der Waals surface area contributed by atoms with Crippen LogP contribution in [0.3, 0.4) is 0 Å². The molecule has 3 saturated heterocycles. The van der Waals surface area contributed by atoms with E-state index >= 15 is 0 Å². The van der Waals surface area contributed by atoms with Crippen molar-refractivity contribution in [1.82, 2.24) is 9.88 Å². The Hall–Kier alpha value is -1.42. The third kappa shape index (κ3) is 1.93. The van der Waals surface area contributed by atoms with Gasteiger partial charge in [-0.3, -0.25) is 10.3 Å². The first-order valence-corrected chi connectivity index (χ1v) is 5.88. The van der Waals surface area contributed by atoms with Gasteiger partial charge in [0.15, 0.2) is 0 Å². The molecule has 0 radical (unpaired) electrons. The predicted octanol–water partition coefficient (Wildman–Crippen LogP) is 1.58. The Morgan fingerprint density at radius 1 is 1.31 bits per heavy atom. The maximum atomic E-state index is 4.50. The van der Waals surface area contributed by atoms with Gasteiger partial charge in [0.05, 0.1) is 5.71 Å². The first-order chi connectivity index (χ1) is 7.92. The monoisotopic (exact) mass is 216 g/mol. The van der Waals surface area contributed by atoms with Gasteiger partial charge in [0.2, 0.25) is 0 Å². The first-order valence-electron chi connectivity index (χ1n) is 5.88. The van der Waals surface area contributed by atoms with Gasteiger partial charge in [-0.2, -0.15) is 5.10 Å². The highest BCUT2D eigenvalue weighted by molar-refractivity contribution is 5.90. The first kappa shape index (κ1) is 9.78. The summed E-state index contributed by atoms with van der Waals surface area (Å²) in [4.78, 5) is 6.66. The van der Waals surface area contributed by atoms with Gasteiger partial charge in [-0.25, -0.2) is 4.98 Å². The molecule has 1 aromatic rings. The molecule has 3 aliphatic rings. The Kier molecular flexibility index (Phi) is 2.58. The van der Waals surface area contributed by atoms with Crippen molar-refractivity contribution in [2.75, 3.05) is 25.1 Å². The summed E-state index contributed by atoms with van der Waals surface area (Å²) in [5.41, 5.74) is 4.34. The number of nitrogens with one attached hydrogen (secondary N) is 1. The van der Waals surface area contributed by atoms with E-state index in [4.69, 9.17) is 0 Å². The number of pyridine rings is 1. The fourth-order valence-electron chi connectivity index (χ4n) is 2.47. The van der Waals surface area contributed by atoms with E-state index in [-0.39, 0.29) is 0 Å². The fraction of sp³-hybridized carbons (Fsp3) is 0.500. The molecule has 16 heavy (non-hydrogen) atoms. The van der Waals surface area contributed by atoms with E-state index in [1.54, 1.807) is 6.20 Å². The summed E-state index contributed by atoms with van der Waals surface area (Å²) in [5.74, 6) is 1.52. The molecule has 84 valence electrons. The molecule has 0 unspecified atom stereocenters. The Morgan fingerprint density at radius 3 is 2.81 bits per heavy atom. The Morgan fingerprint density at radius 2 is 2.19 bits per heavy atom. The Labute approximate surface area is 95.4 Å². The van der Waals surface area contributed by atoms with E-state index in [0.717, 1.165) is 12.4 Å². The van der Waals surface area contributed by atoms with Crippen molar-refractivity contribution in [1.29, 1.82) is 0 Å². The normalized spacial score (nSPS) is 30.6. The van der Waals surface area contributed by atoms with Crippen LogP contribution in [-0.2, 0) is 0 Å². The molecule has 0 atom stereocenters. The molecule has 0 aliphatic carbocycles. The quantitative estimate of drug-likeness (QED) is 0.763. The van der Waals surface area contributed by atoms with Crippen LogP contribution in [0.15, 0.2) is 29.5 Å². The average molecular weight is 216 g/mol. The van der Waals surface area contributed by atoms with Crippen LogP contribution in [-0.4, -0.2) is 35.2 Å². The molecule has 1 N–H and O–H groups in total. The van der Waals surface area contributed by atoms with E-state index in [2.05, 4.69) is 20.4 Å². The van der Waals surface area contributed by atoms with Crippen LogP contribution in [0.2, 0.25) is 0 Å². The summed E-state index contributed by atoms with van der Waals surface area (Å²) in [5, 5.41) is 4.50. The lowest BCUT2D eigenvalue weighted by Gasteiger charge is -2.39. The van der Waals surface area contributed by atoms with Crippen LogP contribution in [0.5, 0.6) is 0 Å². The van der Waals surface area contributed by atoms with Crippen LogP contribution in [0.25, 0.3) is 0 Å². The number of nitrogens with zero attached hydrogens (tertiary/aromatic N) is 3. The molecular weight excluding hydrogens is 200 g/mol. The molecule has 0 saturated carbocycles. The van der Waals surface area contributed by atoms with Crippen LogP contribution in [0.4, 0.5) is 5.82 Å². The lowest BCUT2D eigenvalue weighted by atomic mass is 9.87. The SMILES string of the molecule is c1ccc(N/N=C2/CN3CCC2CC3)nc1. The predicted molar refractivity (Wildman–Crippen MR) is 64.5 cm³/mol. The van der Waals surface area contributed by atoms with E-state index in [1.165, 1.54) is 31.6 Å². The fourth-order valence-corrected chi connectivity index (χ4v) is 2.47. The summed E-state index contributed by atoms with van der Waals surface area (Å²) < 4.78 is 0. The van der Waals surface area contributed by atoms with E-state index < -0.39 is 0 Å². The van der Waals surface area contributed by atoms with Crippen molar-refractivity contribution >= 4 is 11.5 Å². The summed E-state index contributed by atoms with van der Waals surface area (Å²) >= 11 is 0. The third-order valence-corrected chi connectivity index (χ3v) is 3.42. The number of fused-ring (bicyclic) bond motifs is 3. The summed E-state index contributed by atoms with van der Waals surface area (Å²) in [6.45, 7) is 3.52. The number of hydrogen-bond acceptors (Lipinski definition) is 4. The van der Waals surface area contributed by atoms with E-state index in [0.29, 0.717) is 5.92 Å². The van der Waals surface area contributed by atoms with Crippen LogP contribution >= 0.6 is 0 Å². The van der Waals surface area contributed by atoms with Gasteiger partial charge in [0.25, 0.3) is 0 Å². The van der Waals surface area contributed by atoms with Crippen molar-refractivity contribution in [3.8, 4) is 0 Å². The maximum Gasteiger partial charge on any atom is 0.146 e. The molecule has 4 rings (SSSR count). The second-order valence-electron chi connectivity index (χ2n) is 4.48. The smallest absolute Gasteiger partial charge is 0.146 e. The lowest BCUT2D eigenvalue weighted by Crippen LogP contribution is -2.48. The lowest BCUT2D eigenvalue weighted by molar-refractivity contribution is 0.200. The highest BCUT2D eigenvalue weighted by Crippen LogP contribution is 2.25. The minimum atomic E-state index is 0.696.